The van der Waals surface area contributed by atoms with E-state index in [2.05, 4.69) is 13.8 Å². The Balaban J connectivity index is 2.34. The van der Waals surface area contributed by atoms with Crippen molar-refractivity contribution in [3.63, 3.8) is 0 Å². The SMILES string of the molecule is CCCCC(C)C(=O)OCc1ccc(COC(=O)C(C)CCCC)o1. The van der Waals surface area contributed by atoms with Crippen molar-refractivity contribution in [1.82, 2.24) is 0 Å². The van der Waals surface area contributed by atoms with Crippen LogP contribution in [0.2, 0.25) is 0 Å². The second kappa shape index (κ2) is 11.7. The van der Waals surface area contributed by atoms with Crippen molar-refractivity contribution >= 4 is 11.9 Å². The average Bonchev–Trinajstić information content (AvgIpc) is 3.07. The molecule has 0 saturated carbocycles. The van der Waals surface area contributed by atoms with E-state index in [1.807, 2.05) is 13.8 Å². The normalized spacial score (nSPS) is 13.3. The van der Waals surface area contributed by atoms with Gasteiger partial charge in [0.2, 0.25) is 0 Å². The topological polar surface area (TPSA) is 65.7 Å². The van der Waals surface area contributed by atoms with Crippen LogP contribution in [0.4, 0.5) is 0 Å². The van der Waals surface area contributed by atoms with Gasteiger partial charge in [-0.1, -0.05) is 53.4 Å². The fraction of sp³-hybridized carbons (Fsp3) is 0.700. The van der Waals surface area contributed by atoms with Crippen LogP contribution in [-0.4, -0.2) is 11.9 Å². The number of carbonyl (C=O) groups excluding carboxylic acids is 2. The number of unbranched alkanes of at least 4 members (excludes halogenated alkanes) is 2. The van der Waals surface area contributed by atoms with Gasteiger partial charge in [0.15, 0.2) is 0 Å². The third-order valence-corrected chi connectivity index (χ3v) is 4.22. The van der Waals surface area contributed by atoms with Gasteiger partial charge in [-0.25, -0.2) is 0 Å². The molecule has 0 saturated heterocycles. The van der Waals surface area contributed by atoms with Gasteiger partial charge in [0, 0.05) is 0 Å². The van der Waals surface area contributed by atoms with Crippen LogP contribution in [0.3, 0.4) is 0 Å². The highest BCUT2D eigenvalue weighted by molar-refractivity contribution is 5.72. The summed E-state index contributed by atoms with van der Waals surface area (Å²) in [6.45, 7) is 8.17. The standard InChI is InChI=1S/C20H32O5/c1-5-7-9-15(3)19(21)23-13-17-11-12-18(25-17)14-24-20(22)16(4)10-8-6-2/h11-12,15-16H,5-10,13-14H2,1-4H3. The molecule has 1 rings (SSSR count). The van der Waals surface area contributed by atoms with Gasteiger partial charge in [-0.3, -0.25) is 9.59 Å². The number of hydrogen-bond donors (Lipinski definition) is 0. The zero-order valence-corrected chi connectivity index (χ0v) is 16.0. The van der Waals surface area contributed by atoms with Crippen molar-refractivity contribution < 1.29 is 23.5 Å². The molecular weight excluding hydrogens is 320 g/mol. The number of furan rings is 1. The summed E-state index contributed by atoms with van der Waals surface area (Å²) in [7, 11) is 0. The summed E-state index contributed by atoms with van der Waals surface area (Å²) < 4.78 is 16.1. The number of rotatable bonds is 12. The average molecular weight is 352 g/mol. The molecule has 142 valence electrons. The monoisotopic (exact) mass is 352 g/mol. The van der Waals surface area contributed by atoms with Crippen LogP contribution in [0.1, 0.15) is 77.7 Å². The maximum Gasteiger partial charge on any atom is 0.309 e. The van der Waals surface area contributed by atoms with Crippen molar-refractivity contribution in [3.05, 3.63) is 23.7 Å². The Kier molecular flexibility index (Phi) is 9.97. The Hall–Kier alpha value is -1.78. The highest BCUT2D eigenvalue weighted by Crippen LogP contribution is 2.15. The van der Waals surface area contributed by atoms with E-state index in [-0.39, 0.29) is 37.0 Å². The summed E-state index contributed by atoms with van der Waals surface area (Å²) in [6.07, 6.45) is 5.84. The molecule has 5 nitrogen and oxygen atoms in total. The number of hydrogen-bond acceptors (Lipinski definition) is 5. The minimum Gasteiger partial charge on any atom is -0.459 e. The van der Waals surface area contributed by atoms with E-state index in [1.165, 1.54) is 0 Å². The van der Waals surface area contributed by atoms with Crippen LogP contribution < -0.4 is 0 Å². The fourth-order valence-corrected chi connectivity index (χ4v) is 2.40. The highest BCUT2D eigenvalue weighted by Gasteiger charge is 2.16. The summed E-state index contributed by atoms with van der Waals surface area (Å²) in [5, 5.41) is 0. The van der Waals surface area contributed by atoms with E-state index >= 15 is 0 Å². The van der Waals surface area contributed by atoms with Gasteiger partial charge in [-0.05, 0) is 25.0 Å². The molecule has 0 bridgehead atoms. The third-order valence-electron chi connectivity index (χ3n) is 4.22. The van der Waals surface area contributed by atoms with Gasteiger partial charge in [0.1, 0.15) is 24.7 Å². The molecule has 1 heterocycles. The van der Waals surface area contributed by atoms with Crippen molar-refractivity contribution in [2.24, 2.45) is 11.8 Å². The van der Waals surface area contributed by atoms with Gasteiger partial charge in [-0.2, -0.15) is 0 Å². The Morgan fingerprint density at radius 2 is 1.28 bits per heavy atom. The van der Waals surface area contributed by atoms with Gasteiger partial charge in [0.25, 0.3) is 0 Å². The molecule has 0 radical (unpaired) electrons. The molecule has 5 heteroatoms. The fourth-order valence-electron chi connectivity index (χ4n) is 2.40. The first-order valence-corrected chi connectivity index (χ1v) is 9.38. The first-order valence-electron chi connectivity index (χ1n) is 9.38. The molecule has 2 unspecified atom stereocenters. The van der Waals surface area contributed by atoms with Crippen LogP contribution >= 0.6 is 0 Å². The number of esters is 2. The van der Waals surface area contributed by atoms with E-state index in [0.717, 1.165) is 38.5 Å². The van der Waals surface area contributed by atoms with Crippen LogP contribution in [0.15, 0.2) is 16.5 Å². The zero-order valence-electron chi connectivity index (χ0n) is 16.0. The van der Waals surface area contributed by atoms with Crippen LogP contribution in [-0.2, 0) is 32.3 Å². The summed E-state index contributed by atoms with van der Waals surface area (Å²) in [5.74, 6) is 0.507. The van der Waals surface area contributed by atoms with Gasteiger partial charge in [-0.15, -0.1) is 0 Å². The number of ether oxygens (including phenoxy) is 2. The van der Waals surface area contributed by atoms with Crippen molar-refractivity contribution in [1.29, 1.82) is 0 Å². The van der Waals surface area contributed by atoms with E-state index in [1.54, 1.807) is 12.1 Å². The Labute approximate surface area is 151 Å². The summed E-state index contributed by atoms with van der Waals surface area (Å²) in [5.41, 5.74) is 0. The molecule has 0 spiro atoms. The Morgan fingerprint density at radius 1 is 0.880 bits per heavy atom. The summed E-state index contributed by atoms with van der Waals surface area (Å²) in [4.78, 5) is 23.7. The molecule has 0 fully saturated rings. The lowest BCUT2D eigenvalue weighted by Gasteiger charge is -2.10. The minimum atomic E-state index is -0.206. The molecule has 0 aromatic carbocycles. The van der Waals surface area contributed by atoms with E-state index in [9.17, 15) is 9.59 Å². The molecule has 25 heavy (non-hydrogen) atoms. The zero-order chi connectivity index (χ0) is 18.7. The molecule has 2 atom stereocenters. The Bertz CT molecular complexity index is 475. The second-order valence-electron chi connectivity index (χ2n) is 6.67. The van der Waals surface area contributed by atoms with E-state index in [4.69, 9.17) is 13.9 Å². The van der Waals surface area contributed by atoms with E-state index < -0.39 is 0 Å². The molecule has 1 aromatic heterocycles. The smallest absolute Gasteiger partial charge is 0.309 e. The number of carbonyl (C=O) groups is 2. The van der Waals surface area contributed by atoms with Crippen LogP contribution in [0.25, 0.3) is 0 Å². The quantitative estimate of drug-likeness (QED) is 0.494. The van der Waals surface area contributed by atoms with E-state index in [0.29, 0.717) is 11.5 Å². The minimum absolute atomic E-state index is 0.0973. The largest absolute Gasteiger partial charge is 0.459 e. The molecular formula is C20H32O5. The Morgan fingerprint density at radius 3 is 1.64 bits per heavy atom. The predicted molar refractivity (Wildman–Crippen MR) is 95.7 cm³/mol. The lowest BCUT2D eigenvalue weighted by Crippen LogP contribution is -2.14. The van der Waals surface area contributed by atoms with Crippen molar-refractivity contribution in [3.8, 4) is 0 Å². The summed E-state index contributed by atoms with van der Waals surface area (Å²) >= 11 is 0. The predicted octanol–water partition coefficient (Wildman–Crippen LogP) is 5.02. The second-order valence-corrected chi connectivity index (χ2v) is 6.67. The maximum absolute atomic E-state index is 11.9. The molecule has 0 aliphatic carbocycles. The first kappa shape index (κ1) is 21.3. The summed E-state index contributed by atoms with van der Waals surface area (Å²) in [6, 6.07) is 3.49. The molecule has 0 aliphatic rings. The van der Waals surface area contributed by atoms with Crippen molar-refractivity contribution in [2.45, 2.75) is 79.4 Å². The lowest BCUT2D eigenvalue weighted by molar-refractivity contribution is -0.150. The van der Waals surface area contributed by atoms with Crippen LogP contribution in [0, 0.1) is 11.8 Å². The van der Waals surface area contributed by atoms with Gasteiger partial charge in [0.05, 0.1) is 11.8 Å². The maximum atomic E-state index is 11.9. The molecule has 0 amide bonds. The first-order chi connectivity index (χ1) is 12.0. The molecule has 0 aliphatic heterocycles. The van der Waals surface area contributed by atoms with Crippen molar-refractivity contribution in [2.75, 3.05) is 0 Å². The highest BCUT2D eigenvalue weighted by atomic mass is 16.6. The van der Waals surface area contributed by atoms with Gasteiger partial charge >= 0.3 is 11.9 Å². The van der Waals surface area contributed by atoms with Gasteiger partial charge < -0.3 is 13.9 Å². The molecule has 1 aromatic rings. The third kappa shape index (κ3) is 8.23. The molecule has 0 N–H and O–H groups in total. The van der Waals surface area contributed by atoms with Crippen LogP contribution in [0.5, 0.6) is 0 Å². The lowest BCUT2D eigenvalue weighted by atomic mass is 10.1.